The van der Waals surface area contributed by atoms with Gasteiger partial charge in [0.15, 0.2) is 0 Å². The third kappa shape index (κ3) is 2.26. The van der Waals surface area contributed by atoms with Crippen molar-refractivity contribution in [1.82, 2.24) is 9.47 Å². The van der Waals surface area contributed by atoms with Crippen molar-refractivity contribution in [3.63, 3.8) is 0 Å². The van der Waals surface area contributed by atoms with Crippen LogP contribution in [0.4, 0.5) is 0 Å². The van der Waals surface area contributed by atoms with Crippen molar-refractivity contribution in [2.75, 3.05) is 13.6 Å². The Morgan fingerprint density at radius 2 is 1.73 bits per heavy atom. The molecule has 1 aliphatic rings. The number of nitrogens with zero attached hydrogens (tertiary/aromatic N) is 2. The van der Waals surface area contributed by atoms with Crippen LogP contribution in [0.2, 0.25) is 0 Å². The van der Waals surface area contributed by atoms with Crippen LogP contribution in [0.15, 0.2) is 54.6 Å². The molecule has 1 aromatic heterocycles. The Morgan fingerprint density at radius 3 is 2.59 bits per heavy atom. The molecule has 110 valence electrons. The Kier molecular flexibility index (Phi) is 3.32. The fourth-order valence-corrected chi connectivity index (χ4v) is 3.37. The highest BCUT2D eigenvalue weighted by Gasteiger charge is 2.20. The molecule has 4 rings (SSSR count). The van der Waals surface area contributed by atoms with Gasteiger partial charge in [-0.05, 0) is 30.3 Å². The van der Waals surface area contributed by atoms with E-state index in [1.54, 1.807) is 0 Å². The number of rotatable bonds is 2. The second-order valence-corrected chi connectivity index (χ2v) is 6.03. The SMILES string of the molecule is CN1CCc2c(c3ccccc3n2/C=C/c2ccccc2)C1. The van der Waals surface area contributed by atoms with E-state index in [0.29, 0.717) is 0 Å². The highest BCUT2D eigenvalue weighted by Crippen LogP contribution is 2.30. The van der Waals surface area contributed by atoms with Gasteiger partial charge in [0.25, 0.3) is 0 Å². The Labute approximate surface area is 131 Å². The Balaban J connectivity index is 1.85. The van der Waals surface area contributed by atoms with Gasteiger partial charge >= 0.3 is 0 Å². The van der Waals surface area contributed by atoms with Gasteiger partial charge in [0, 0.05) is 36.8 Å². The van der Waals surface area contributed by atoms with Gasteiger partial charge in [-0.15, -0.1) is 0 Å². The molecule has 0 N–H and O–H groups in total. The zero-order chi connectivity index (χ0) is 14.9. The van der Waals surface area contributed by atoms with E-state index in [4.69, 9.17) is 0 Å². The summed E-state index contributed by atoms with van der Waals surface area (Å²) in [5.74, 6) is 0. The molecule has 3 aromatic rings. The van der Waals surface area contributed by atoms with Gasteiger partial charge in [0.05, 0.1) is 5.52 Å². The fourth-order valence-electron chi connectivity index (χ4n) is 3.37. The number of aromatic nitrogens is 1. The minimum Gasteiger partial charge on any atom is -0.320 e. The van der Waals surface area contributed by atoms with Gasteiger partial charge in [-0.3, -0.25) is 0 Å². The normalized spacial score (nSPS) is 15.5. The standard InChI is InChI=1S/C20H20N2/c1-21-13-12-20-18(15-21)17-9-5-6-10-19(17)22(20)14-11-16-7-3-2-4-8-16/h2-11,14H,12-13,15H2,1H3/b14-11+. The molecule has 0 atom stereocenters. The number of hydrogen-bond acceptors (Lipinski definition) is 1. The molecular formula is C20H20N2. The van der Waals surface area contributed by atoms with E-state index >= 15 is 0 Å². The average Bonchev–Trinajstić information content (AvgIpc) is 2.87. The number of para-hydroxylation sites is 1. The van der Waals surface area contributed by atoms with E-state index in [2.05, 4.69) is 83.4 Å². The first-order chi connectivity index (χ1) is 10.8. The zero-order valence-electron chi connectivity index (χ0n) is 12.9. The third-order valence-corrected chi connectivity index (χ3v) is 4.50. The monoisotopic (exact) mass is 288 g/mol. The predicted octanol–water partition coefficient (Wildman–Crippen LogP) is 4.26. The summed E-state index contributed by atoms with van der Waals surface area (Å²) >= 11 is 0. The molecule has 0 aliphatic carbocycles. The summed E-state index contributed by atoms with van der Waals surface area (Å²) in [4.78, 5) is 2.40. The third-order valence-electron chi connectivity index (χ3n) is 4.50. The van der Waals surface area contributed by atoms with E-state index in [1.807, 2.05) is 0 Å². The van der Waals surface area contributed by atoms with E-state index in [-0.39, 0.29) is 0 Å². The maximum absolute atomic E-state index is 2.40. The Hall–Kier alpha value is -2.32. The molecule has 0 spiro atoms. The summed E-state index contributed by atoms with van der Waals surface area (Å²) in [5, 5.41) is 1.39. The number of fused-ring (bicyclic) bond motifs is 3. The van der Waals surface area contributed by atoms with Gasteiger partial charge in [-0.1, -0.05) is 48.5 Å². The highest BCUT2D eigenvalue weighted by atomic mass is 15.1. The molecule has 2 heterocycles. The van der Waals surface area contributed by atoms with Crippen LogP contribution in [-0.2, 0) is 13.0 Å². The zero-order valence-corrected chi connectivity index (χ0v) is 12.9. The van der Waals surface area contributed by atoms with Crippen LogP contribution in [0.3, 0.4) is 0 Å². The van der Waals surface area contributed by atoms with Crippen molar-refractivity contribution in [1.29, 1.82) is 0 Å². The van der Waals surface area contributed by atoms with E-state index in [1.165, 1.54) is 27.7 Å². The molecular weight excluding hydrogens is 268 g/mol. The molecule has 0 amide bonds. The molecule has 0 bridgehead atoms. The summed E-state index contributed by atoms with van der Waals surface area (Å²) in [7, 11) is 2.20. The van der Waals surface area contributed by atoms with Gasteiger partial charge in [0.2, 0.25) is 0 Å². The van der Waals surface area contributed by atoms with Gasteiger partial charge in [-0.25, -0.2) is 0 Å². The number of benzene rings is 2. The molecule has 2 nitrogen and oxygen atoms in total. The van der Waals surface area contributed by atoms with Crippen LogP contribution in [0, 0.1) is 0 Å². The predicted molar refractivity (Wildman–Crippen MR) is 93.6 cm³/mol. The van der Waals surface area contributed by atoms with Crippen LogP contribution in [0.1, 0.15) is 16.8 Å². The fraction of sp³-hybridized carbons (Fsp3) is 0.200. The van der Waals surface area contributed by atoms with Crippen LogP contribution >= 0.6 is 0 Å². The molecule has 0 fully saturated rings. The minimum atomic E-state index is 1.04. The first kappa shape index (κ1) is 13.4. The smallest absolute Gasteiger partial charge is 0.0528 e. The molecule has 1 aliphatic heterocycles. The first-order valence-electron chi connectivity index (χ1n) is 7.85. The molecule has 0 radical (unpaired) electrons. The Morgan fingerprint density at radius 1 is 0.955 bits per heavy atom. The molecule has 2 heteroatoms. The maximum atomic E-state index is 2.40. The van der Waals surface area contributed by atoms with Crippen LogP contribution in [0.25, 0.3) is 23.2 Å². The number of likely N-dealkylation sites (N-methyl/N-ethyl adjacent to an activating group) is 1. The van der Waals surface area contributed by atoms with Crippen molar-refractivity contribution in [2.24, 2.45) is 0 Å². The molecule has 22 heavy (non-hydrogen) atoms. The van der Waals surface area contributed by atoms with E-state index < -0.39 is 0 Å². The molecule has 0 saturated carbocycles. The van der Waals surface area contributed by atoms with Gasteiger partial charge in [0.1, 0.15) is 0 Å². The van der Waals surface area contributed by atoms with Gasteiger partial charge in [-0.2, -0.15) is 0 Å². The van der Waals surface area contributed by atoms with Crippen molar-refractivity contribution in [2.45, 2.75) is 13.0 Å². The second kappa shape index (κ2) is 5.47. The van der Waals surface area contributed by atoms with E-state index in [0.717, 1.165) is 19.5 Å². The summed E-state index contributed by atoms with van der Waals surface area (Å²) in [6.07, 6.45) is 5.53. The van der Waals surface area contributed by atoms with Gasteiger partial charge < -0.3 is 9.47 Å². The topological polar surface area (TPSA) is 8.17 Å². The summed E-state index contributed by atoms with van der Waals surface area (Å²) < 4.78 is 2.38. The lowest BCUT2D eigenvalue weighted by Crippen LogP contribution is -2.26. The maximum Gasteiger partial charge on any atom is 0.0528 e. The summed E-state index contributed by atoms with van der Waals surface area (Å²) in [6.45, 7) is 2.17. The highest BCUT2D eigenvalue weighted by molar-refractivity contribution is 5.88. The van der Waals surface area contributed by atoms with Crippen LogP contribution in [-0.4, -0.2) is 23.1 Å². The van der Waals surface area contributed by atoms with Crippen molar-refractivity contribution in [3.05, 3.63) is 71.4 Å². The lowest BCUT2D eigenvalue weighted by Gasteiger charge is -2.23. The lowest BCUT2D eigenvalue weighted by molar-refractivity contribution is 0.312. The second-order valence-electron chi connectivity index (χ2n) is 6.03. The molecule has 2 aromatic carbocycles. The summed E-state index contributed by atoms with van der Waals surface area (Å²) in [5.41, 5.74) is 5.51. The van der Waals surface area contributed by atoms with Crippen LogP contribution in [0.5, 0.6) is 0 Å². The number of hydrogen-bond donors (Lipinski definition) is 0. The quantitative estimate of drug-likeness (QED) is 0.684. The Bertz CT molecular complexity index is 828. The van der Waals surface area contributed by atoms with Crippen molar-refractivity contribution < 1.29 is 0 Å². The summed E-state index contributed by atoms with van der Waals surface area (Å²) in [6, 6.07) is 19.2. The average molecular weight is 288 g/mol. The molecule has 0 unspecified atom stereocenters. The first-order valence-corrected chi connectivity index (χ1v) is 7.85. The largest absolute Gasteiger partial charge is 0.320 e. The molecule has 0 saturated heterocycles. The van der Waals surface area contributed by atoms with Crippen molar-refractivity contribution >= 4 is 23.2 Å². The van der Waals surface area contributed by atoms with Crippen LogP contribution < -0.4 is 0 Å². The van der Waals surface area contributed by atoms with E-state index in [9.17, 15) is 0 Å². The lowest BCUT2D eigenvalue weighted by atomic mass is 10.1. The van der Waals surface area contributed by atoms with Crippen molar-refractivity contribution in [3.8, 4) is 0 Å². The minimum absolute atomic E-state index is 1.04.